The maximum absolute atomic E-state index is 12.1. The lowest BCUT2D eigenvalue weighted by Gasteiger charge is -2.02. The molecule has 0 unspecified atom stereocenters. The Hall–Kier alpha value is -1.78. The summed E-state index contributed by atoms with van der Waals surface area (Å²) in [6.45, 7) is 0.208. The van der Waals surface area contributed by atoms with Crippen LogP contribution in [0, 0.1) is 0 Å². The summed E-state index contributed by atoms with van der Waals surface area (Å²) >= 11 is 9.42. The average molecular weight is 366 g/mol. The Balaban J connectivity index is 1.85. The number of carbonyl (C=O) groups excluding carboxylic acids is 1. The van der Waals surface area contributed by atoms with Crippen molar-refractivity contribution in [2.45, 2.75) is 0 Å². The molecule has 21 heavy (non-hydrogen) atoms. The second-order valence-corrected chi connectivity index (χ2v) is 5.68. The Bertz CT molecular complexity index is 740. The number of allylic oxidation sites excluding steroid dienone is 1. The van der Waals surface area contributed by atoms with Crippen LogP contribution in [0.2, 0.25) is 5.02 Å². The zero-order chi connectivity index (χ0) is 14.8. The van der Waals surface area contributed by atoms with Crippen LogP contribution in [0.15, 0.2) is 46.9 Å². The van der Waals surface area contributed by atoms with E-state index in [1.807, 2.05) is 12.1 Å². The number of fused-ring (bicyclic) bond motifs is 1. The fourth-order valence-electron chi connectivity index (χ4n) is 2.01. The Morgan fingerprint density at radius 2 is 2.05 bits per heavy atom. The third-order valence-electron chi connectivity index (χ3n) is 3.02. The third kappa shape index (κ3) is 2.96. The lowest BCUT2D eigenvalue weighted by molar-refractivity contribution is 0.104. The van der Waals surface area contributed by atoms with Gasteiger partial charge in [-0.3, -0.25) is 4.79 Å². The van der Waals surface area contributed by atoms with Crippen molar-refractivity contribution in [2.75, 3.05) is 6.79 Å². The maximum atomic E-state index is 12.1. The summed E-state index contributed by atoms with van der Waals surface area (Å²) in [5.74, 6) is 1.20. The van der Waals surface area contributed by atoms with Crippen LogP contribution in [-0.4, -0.2) is 12.6 Å². The van der Waals surface area contributed by atoms with Crippen LogP contribution >= 0.6 is 27.5 Å². The van der Waals surface area contributed by atoms with E-state index >= 15 is 0 Å². The SMILES string of the molecule is O=C(/C=C/c1cc(Br)c2c(c1)OCO2)c1ccccc1Cl. The largest absolute Gasteiger partial charge is 0.454 e. The van der Waals surface area contributed by atoms with Crippen molar-refractivity contribution in [3.8, 4) is 11.5 Å². The molecule has 2 aromatic carbocycles. The molecule has 106 valence electrons. The van der Waals surface area contributed by atoms with Crippen LogP contribution in [0.1, 0.15) is 15.9 Å². The molecule has 3 nitrogen and oxygen atoms in total. The van der Waals surface area contributed by atoms with Gasteiger partial charge < -0.3 is 9.47 Å². The first-order chi connectivity index (χ1) is 10.1. The minimum absolute atomic E-state index is 0.144. The lowest BCUT2D eigenvalue weighted by atomic mass is 10.1. The van der Waals surface area contributed by atoms with Crippen molar-refractivity contribution >= 4 is 39.4 Å². The summed E-state index contributed by atoms with van der Waals surface area (Å²) in [6, 6.07) is 10.7. The molecule has 1 heterocycles. The molecule has 0 amide bonds. The standard InChI is InChI=1S/C16H10BrClO3/c17-12-7-10(8-15-16(12)21-9-20-15)5-6-14(19)11-3-1-2-4-13(11)18/h1-8H,9H2/b6-5+. The van der Waals surface area contributed by atoms with Gasteiger partial charge in [0.1, 0.15) is 0 Å². The molecule has 1 aliphatic rings. The van der Waals surface area contributed by atoms with E-state index in [4.69, 9.17) is 21.1 Å². The van der Waals surface area contributed by atoms with Gasteiger partial charge in [0.05, 0.1) is 9.50 Å². The van der Waals surface area contributed by atoms with Crippen molar-refractivity contribution in [3.05, 3.63) is 63.1 Å². The normalized spacial score (nSPS) is 12.9. The number of halogens is 2. The van der Waals surface area contributed by atoms with Gasteiger partial charge in [-0.1, -0.05) is 29.8 Å². The molecular weight excluding hydrogens is 356 g/mol. The smallest absolute Gasteiger partial charge is 0.231 e. The van der Waals surface area contributed by atoms with Crippen LogP contribution in [0.25, 0.3) is 6.08 Å². The van der Waals surface area contributed by atoms with Gasteiger partial charge in [0, 0.05) is 5.56 Å². The van der Waals surface area contributed by atoms with Crippen LogP contribution in [0.3, 0.4) is 0 Å². The summed E-state index contributed by atoms with van der Waals surface area (Å²) in [5, 5.41) is 0.444. The van der Waals surface area contributed by atoms with E-state index in [9.17, 15) is 4.79 Å². The third-order valence-corrected chi connectivity index (χ3v) is 3.93. The predicted molar refractivity (Wildman–Crippen MR) is 85.1 cm³/mol. The highest BCUT2D eigenvalue weighted by molar-refractivity contribution is 9.10. The van der Waals surface area contributed by atoms with Gasteiger partial charge in [-0.2, -0.15) is 0 Å². The minimum Gasteiger partial charge on any atom is -0.454 e. The Labute approximate surface area is 135 Å². The molecule has 0 aromatic heterocycles. The fourth-order valence-corrected chi connectivity index (χ4v) is 2.81. The molecule has 0 fully saturated rings. The van der Waals surface area contributed by atoms with Crippen molar-refractivity contribution in [1.29, 1.82) is 0 Å². The van der Waals surface area contributed by atoms with Crippen molar-refractivity contribution in [1.82, 2.24) is 0 Å². The molecule has 0 saturated carbocycles. The number of rotatable bonds is 3. The van der Waals surface area contributed by atoms with Gasteiger partial charge in [0.2, 0.25) is 6.79 Å². The number of hydrogen-bond donors (Lipinski definition) is 0. The first-order valence-electron chi connectivity index (χ1n) is 6.21. The van der Waals surface area contributed by atoms with E-state index in [-0.39, 0.29) is 12.6 Å². The van der Waals surface area contributed by atoms with Gasteiger partial charge in [-0.25, -0.2) is 0 Å². The van der Waals surface area contributed by atoms with Crippen LogP contribution in [0.4, 0.5) is 0 Å². The summed E-state index contributed by atoms with van der Waals surface area (Å²) in [7, 11) is 0. The molecule has 0 spiro atoms. The van der Waals surface area contributed by atoms with E-state index in [0.717, 1.165) is 10.0 Å². The highest BCUT2D eigenvalue weighted by atomic mass is 79.9. The molecule has 0 radical (unpaired) electrons. The summed E-state index contributed by atoms with van der Waals surface area (Å²) in [5.41, 5.74) is 1.32. The van der Waals surface area contributed by atoms with Crippen LogP contribution in [0.5, 0.6) is 11.5 Å². The first kappa shape index (κ1) is 14.2. The Kier molecular flexibility index (Phi) is 3.99. The number of ketones is 1. The van der Waals surface area contributed by atoms with Gasteiger partial charge in [-0.15, -0.1) is 0 Å². The van der Waals surface area contributed by atoms with Crippen molar-refractivity contribution < 1.29 is 14.3 Å². The molecule has 3 rings (SSSR count). The molecule has 0 N–H and O–H groups in total. The monoisotopic (exact) mass is 364 g/mol. The van der Waals surface area contributed by atoms with Crippen LogP contribution in [-0.2, 0) is 0 Å². The molecule has 0 bridgehead atoms. The predicted octanol–water partition coefficient (Wildman–Crippen LogP) is 4.73. The second-order valence-electron chi connectivity index (χ2n) is 4.41. The summed E-state index contributed by atoms with van der Waals surface area (Å²) < 4.78 is 11.4. The van der Waals surface area contributed by atoms with Crippen molar-refractivity contribution in [3.63, 3.8) is 0 Å². The zero-order valence-electron chi connectivity index (χ0n) is 10.8. The number of ether oxygens (including phenoxy) is 2. The van der Waals surface area contributed by atoms with Crippen LogP contribution < -0.4 is 9.47 Å². The Morgan fingerprint density at radius 1 is 1.24 bits per heavy atom. The van der Waals surface area contributed by atoms with E-state index in [1.165, 1.54) is 6.08 Å². The topological polar surface area (TPSA) is 35.5 Å². The number of carbonyl (C=O) groups is 1. The van der Waals surface area contributed by atoms with E-state index in [2.05, 4.69) is 15.9 Å². The molecule has 0 saturated heterocycles. The lowest BCUT2D eigenvalue weighted by Crippen LogP contribution is -1.94. The highest BCUT2D eigenvalue weighted by Gasteiger charge is 2.17. The average Bonchev–Trinajstić information content (AvgIpc) is 2.94. The second kappa shape index (κ2) is 5.92. The summed E-state index contributed by atoms with van der Waals surface area (Å²) in [4.78, 5) is 12.1. The minimum atomic E-state index is -0.144. The van der Waals surface area contributed by atoms with Gasteiger partial charge in [-0.05, 0) is 51.8 Å². The van der Waals surface area contributed by atoms with Gasteiger partial charge >= 0.3 is 0 Å². The zero-order valence-corrected chi connectivity index (χ0v) is 13.1. The molecule has 0 atom stereocenters. The van der Waals surface area contributed by atoms with E-state index < -0.39 is 0 Å². The Morgan fingerprint density at radius 3 is 2.86 bits per heavy atom. The first-order valence-corrected chi connectivity index (χ1v) is 7.38. The molecule has 1 aliphatic heterocycles. The van der Waals surface area contributed by atoms with E-state index in [1.54, 1.807) is 30.3 Å². The number of hydrogen-bond acceptors (Lipinski definition) is 3. The van der Waals surface area contributed by atoms with E-state index in [0.29, 0.717) is 22.1 Å². The number of benzene rings is 2. The van der Waals surface area contributed by atoms with Gasteiger partial charge in [0.25, 0.3) is 0 Å². The highest BCUT2D eigenvalue weighted by Crippen LogP contribution is 2.40. The van der Waals surface area contributed by atoms with Gasteiger partial charge in [0.15, 0.2) is 17.3 Å². The maximum Gasteiger partial charge on any atom is 0.231 e. The molecule has 5 heteroatoms. The molecule has 2 aromatic rings. The molecular formula is C16H10BrClO3. The molecule has 0 aliphatic carbocycles. The quantitative estimate of drug-likeness (QED) is 0.583. The fraction of sp³-hybridized carbons (Fsp3) is 0.0625. The summed E-state index contributed by atoms with van der Waals surface area (Å²) in [6.07, 6.45) is 3.21. The van der Waals surface area contributed by atoms with Crippen molar-refractivity contribution in [2.24, 2.45) is 0 Å².